The summed E-state index contributed by atoms with van der Waals surface area (Å²) in [6.45, 7) is 1.87. The number of carbonyl (C=O) groups is 1. The molecule has 1 aliphatic carbocycles. The van der Waals surface area contributed by atoms with Crippen molar-refractivity contribution in [1.82, 2.24) is 4.98 Å². The molecule has 1 fully saturated rings. The molecule has 43 heavy (non-hydrogen) atoms. The van der Waals surface area contributed by atoms with Crippen LogP contribution in [0.15, 0.2) is 109 Å². The summed E-state index contributed by atoms with van der Waals surface area (Å²) < 4.78 is 6.10. The number of carboxylic acid groups (broad SMARTS) is 1. The van der Waals surface area contributed by atoms with Gasteiger partial charge in [-0.25, -0.2) is 9.78 Å². The average molecular weight is 589 g/mol. The zero-order chi connectivity index (χ0) is 29.4. The van der Waals surface area contributed by atoms with Gasteiger partial charge in [-0.1, -0.05) is 86.0 Å². The number of anilines is 1. The third-order valence-corrected chi connectivity index (χ3v) is 9.07. The first-order valence-corrected chi connectivity index (χ1v) is 15.9. The molecular weight excluding hydrogens is 552 g/mol. The van der Waals surface area contributed by atoms with Gasteiger partial charge in [0.2, 0.25) is 0 Å². The highest BCUT2D eigenvalue weighted by Gasteiger charge is 2.16. The van der Waals surface area contributed by atoms with E-state index in [1.54, 1.807) is 23.5 Å². The average Bonchev–Trinajstić information content (AvgIpc) is 3.56. The van der Waals surface area contributed by atoms with E-state index in [-0.39, 0.29) is 5.56 Å². The summed E-state index contributed by atoms with van der Waals surface area (Å²) in [6, 6.07) is 34.5. The van der Waals surface area contributed by atoms with Gasteiger partial charge in [-0.2, -0.15) is 0 Å². The highest BCUT2D eigenvalue weighted by molar-refractivity contribution is 7.14. The Morgan fingerprint density at radius 3 is 2.12 bits per heavy atom. The van der Waals surface area contributed by atoms with Gasteiger partial charge in [-0.05, 0) is 77.4 Å². The fourth-order valence-electron chi connectivity index (χ4n) is 5.72. The van der Waals surface area contributed by atoms with Crippen LogP contribution in [0.3, 0.4) is 0 Å². The summed E-state index contributed by atoms with van der Waals surface area (Å²) in [5.74, 6) is 0.640. The molecule has 1 aromatic heterocycles. The molecule has 0 amide bonds. The number of nitrogens with zero attached hydrogens (tertiary/aromatic N) is 2. The lowest BCUT2D eigenvalue weighted by Crippen LogP contribution is -2.22. The molecular formula is C37H36N2O3S. The smallest absolute Gasteiger partial charge is 0.335 e. The Balaban J connectivity index is 1.11. The van der Waals surface area contributed by atoms with Crippen molar-refractivity contribution in [3.63, 3.8) is 0 Å². The quantitative estimate of drug-likeness (QED) is 0.167. The minimum atomic E-state index is -0.919. The second-order valence-corrected chi connectivity index (χ2v) is 12.1. The molecule has 5 aromatic rings. The van der Waals surface area contributed by atoms with E-state index >= 15 is 0 Å². The molecule has 0 atom stereocenters. The summed E-state index contributed by atoms with van der Waals surface area (Å²) in [6.07, 6.45) is 6.71. The Hall–Kier alpha value is -4.42. The minimum Gasteiger partial charge on any atom is -0.489 e. The molecule has 1 saturated carbocycles. The standard InChI is InChI=1S/C37H36N2O3S/c40-36(41)33-17-11-28(12-18-33)24-39(23-27-7-3-1-4-8-27)37-38-35(26-43-37)32-19-21-34(22-20-32)42-25-29-13-15-31(16-14-29)30-9-5-2-6-10-30/h1,3-4,7-8,11-22,26,30H,2,5-6,9-10,23-25H2,(H,40,41). The zero-order valence-corrected chi connectivity index (χ0v) is 25.0. The normalized spacial score (nSPS) is 13.5. The highest BCUT2D eigenvalue weighted by atomic mass is 32.1. The first kappa shape index (κ1) is 28.7. The van der Waals surface area contributed by atoms with Crippen LogP contribution >= 0.6 is 11.3 Å². The van der Waals surface area contributed by atoms with Gasteiger partial charge < -0.3 is 14.7 Å². The number of benzene rings is 4. The summed E-state index contributed by atoms with van der Waals surface area (Å²) in [7, 11) is 0. The zero-order valence-electron chi connectivity index (χ0n) is 24.2. The van der Waals surface area contributed by atoms with E-state index in [1.807, 2.05) is 42.5 Å². The van der Waals surface area contributed by atoms with Crippen molar-refractivity contribution in [3.8, 4) is 17.0 Å². The molecule has 218 valence electrons. The van der Waals surface area contributed by atoms with Gasteiger partial charge in [0.15, 0.2) is 5.13 Å². The van der Waals surface area contributed by atoms with E-state index in [0.29, 0.717) is 19.7 Å². The van der Waals surface area contributed by atoms with Crippen LogP contribution in [0.4, 0.5) is 5.13 Å². The molecule has 4 aromatic carbocycles. The minimum absolute atomic E-state index is 0.287. The number of hydrogen-bond acceptors (Lipinski definition) is 5. The van der Waals surface area contributed by atoms with Gasteiger partial charge in [0.1, 0.15) is 12.4 Å². The van der Waals surface area contributed by atoms with Crippen LogP contribution in [-0.2, 0) is 19.7 Å². The van der Waals surface area contributed by atoms with Crippen molar-refractivity contribution in [2.75, 3.05) is 4.90 Å². The van der Waals surface area contributed by atoms with Gasteiger partial charge in [-0.3, -0.25) is 0 Å². The molecule has 0 radical (unpaired) electrons. The molecule has 0 saturated heterocycles. The van der Waals surface area contributed by atoms with Crippen LogP contribution in [0.1, 0.15) is 70.6 Å². The molecule has 0 aliphatic heterocycles. The summed E-state index contributed by atoms with van der Waals surface area (Å²) in [4.78, 5) is 18.5. The molecule has 1 N–H and O–H groups in total. The maximum atomic E-state index is 11.3. The lowest BCUT2D eigenvalue weighted by atomic mass is 9.84. The Bertz CT molecular complexity index is 1610. The lowest BCUT2D eigenvalue weighted by molar-refractivity contribution is 0.0697. The Kier molecular flexibility index (Phi) is 9.14. The number of hydrogen-bond donors (Lipinski definition) is 1. The first-order chi connectivity index (χ1) is 21.1. The number of carboxylic acids is 1. The number of aromatic nitrogens is 1. The van der Waals surface area contributed by atoms with Crippen molar-refractivity contribution in [3.05, 3.63) is 136 Å². The molecule has 0 unspecified atom stereocenters. The molecule has 1 heterocycles. The Labute approximate surface area is 257 Å². The molecule has 6 heteroatoms. The third kappa shape index (κ3) is 7.51. The van der Waals surface area contributed by atoms with Gasteiger partial charge in [0.25, 0.3) is 0 Å². The second kappa shape index (κ2) is 13.7. The van der Waals surface area contributed by atoms with Crippen molar-refractivity contribution in [2.45, 2.75) is 57.7 Å². The molecule has 6 rings (SSSR count). The molecule has 1 aliphatic rings. The summed E-state index contributed by atoms with van der Waals surface area (Å²) in [5, 5.41) is 12.3. The van der Waals surface area contributed by atoms with Crippen LogP contribution in [0.25, 0.3) is 11.3 Å². The van der Waals surface area contributed by atoms with E-state index in [9.17, 15) is 9.90 Å². The van der Waals surface area contributed by atoms with Crippen LogP contribution in [-0.4, -0.2) is 16.1 Å². The predicted molar refractivity (Wildman–Crippen MR) is 174 cm³/mol. The summed E-state index contributed by atoms with van der Waals surface area (Å²) >= 11 is 1.61. The fourth-order valence-corrected chi connectivity index (χ4v) is 6.56. The number of thiazole rings is 1. The van der Waals surface area contributed by atoms with E-state index in [2.05, 4.69) is 58.8 Å². The Morgan fingerprint density at radius 1 is 0.791 bits per heavy atom. The third-order valence-electron chi connectivity index (χ3n) is 8.17. The topological polar surface area (TPSA) is 62.7 Å². The summed E-state index contributed by atoms with van der Waals surface area (Å²) in [5.41, 5.74) is 7.11. The van der Waals surface area contributed by atoms with E-state index in [0.717, 1.165) is 33.6 Å². The maximum Gasteiger partial charge on any atom is 0.335 e. The van der Waals surface area contributed by atoms with Gasteiger partial charge >= 0.3 is 5.97 Å². The predicted octanol–water partition coefficient (Wildman–Crippen LogP) is 9.34. The van der Waals surface area contributed by atoms with E-state index in [1.165, 1.54) is 48.8 Å². The van der Waals surface area contributed by atoms with E-state index < -0.39 is 5.97 Å². The van der Waals surface area contributed by atoms with Gasteiger partial charge in [-0.15, -0.1) is 11.3 Å². The van der Waals surface area contributed by atoms with Crippen molar-refractivity contribution >= 4 is 22.4 Å². The van der Waals surface area contributed by atoms with Crippen LogP contribution in [0.5, 0.6) is 5.75 Å². The molecule has 5 nitrogen and oxygen atoms in total. The van der Waals surface area contributed by atoms with Crippen molar-refractivity contribution < 1.29 is 14.6 Å². The molecule has 0 spiro atoms. The Morgan fingerprint density at radius 2 is 1.44 bits per heavy atom. The molecule has 0 bridgehead atoms. The number of rotatable bonds is 11. The van der Waals surface area contributed by atoms with Crippen molar-refractivity contribution in [1.29, 1.82) is 0 Å². The van der Waals surface area contributed by atoms with Gasteiger partial charge in [0, 0.05) is 24.0 Å². The SMILES string of the molecule is O=C(O)c1ccc(CN(Cc2ccccc2)c2nc(-c3ccc(OCc4ccc(C5CCCCC5)cc4)cc3)cs2)cc1. The number of aromatic carboxylic acids is 1. The number of ether oxygens (including phenoxy) is 1. The largest absolute Gasteiger partial charge is 0.489 e. The van der Waals surface area contributed by atoms with Crippen LogP contribution < -0.4 is 9.64 Å². The maximum absolute atomic E-state index is 11.3. The first-order valence-electron chi connectivity index (χ1n) is 15.0. The second-order valence-electron chi connectivity index (χ2n) is 11.2. The van der Waals surface area contributed by atoms with Gasteiger partial charge in [0.05, 0.1) is 11.3 Å². The lowest BCUT2D eigenvalue weighted by Gasteiger charge is -2.22. The monoisotopic (exact) mass is 588 g/mol. The van der Waals surface area contributed by atoms with E-state index in [4.69, 9.17) is 9.72 Å². The fraction of sp³-hybridized carbons (Fsp3) is 0.243. The van der Waals surface area contributed by atoms with Crippen molar-refractivity contribution in [2.24, 2.45) is 0 Å². The van der Waals surface area contributed by atoms with Crippen LogP contribution in [0.2, 0.25) is 0 Å². The highest BCUT2D eigenvalue weighted by Crippen LogP contribution is 2.33. The van der Waals surface area contributed by atoms with Crippen LogP contribution in [0, 0.1) is 0 Å².